The number of piperidine rings is 1. The van der Waals surface area contributed by atoms with Crippen LogP contribution < -0.4 is 16.5 Å². The molecule has 11 heteroatoms. The SMILES string of the molecule is C[C@H]1CCCN(Cc2cc(C(F)(F)F)c3cn(C4CCCC(C5(C6NNCN6C)CC(O)C5)C4)c(=O)n3c2)C1. The number of nitrogens with zero attached hydrogens (tertiary/aromatic N) is 4. The Labute approximate surface area is 227 Å². The Bertz CT molecular complexity index is 1250. The number of halogens is 3. The minimum Gasteiger partial charge on any atom is -0.393 e. The van der Waals surface area contributed by atoms with Crippen molar-refractivity contribution in [2.75, 3.05) is 26.8 Å². The molecule has 39 heavy (non-hydrogen) atoms. The van der Waals surface area contributed by atoms with Crippen LogP contribution in [0.5, 0.6) is 0 Å². The van der Waals surface area contributed by atoms with Crippen LogP contribution in [0.3, 0.4) is 0 Å². The zero-order chi connectivity index (χ0) is 27.5. The summed E-state index contributed by atoms with van der Waals surface area (Å²) in [6.45, 7) is 5.01. The molecule has 0 radical (unpaired) electrons. The van der Waals surface area contributed by atoms with Crippen LogP contribution in [-0.4, -0.2) is 62.9 Å². The van der Waals surface area contributed by atoms with E-state index in [0.717, 1.165) is 51.6 Å². The molecule has 3 unspecified atom stereocenters. The summed E-state index contributed by atoms with van der Waals surface area (Å²) in [5, 5.41) is 10.3. The van der Waals surface area contributed by atoms with Gasteiger partial charge in [-0.2, -0.15) is 13.2 Å². The number of hydrogen-bond acceptors (Lipinski definition) is 6. The normalized spacial score (nSPS) is 35.0. The van der Waals surface area contributed by atoms with Crippen LogP contribution in [0.25, 0.3) is 5.52 Å². The maximum absolute atomic E-state index is 14.3. The van der Waals surface area contributed by atoms with E-state index in [0.29, 0.717) is 37.5 Å². The predicted octanol–water partition coefficient (Wildman–Crippen LogP) is 3.55. The summed E-state index contributed by atoms with van der Waals surface area (Å²) < 4.78 is 45.6. The maximum atomic E-state index is 14.3. The molecule has 6 rings (SSSR count). The number of hydrogen-bond donors (Lipinski definition) is 3. The van der Waals surface area contributed by atoms with E-state index in [1.165, 1.54) is 16.7 Å². The van der Waals surface area contributed by atoms with Crippen LogP contribution in [-0.2, 0) is 12.7 Å². The van der Waals surface area contributed by atoms with Gasteiger partial charge in [0, 0.05) is 36.9 Å². The molecule has 0 spiro atoms. The van der Waals surface area contributed by atoms with Crippen LogP contribution in [0, 0.1) is 17.3 Å². The van der Waals surface area contributed by atoms with E-state index < -0.39 is 17.4 Å². The first-order valence-electron chi connectivity index (χ1n) is 14.5. The standard InChI is InChI=1S/C28H41F3N6O2/c1-18-5-4-8-35(13-18)14-19-9-23(28(29,30)31)24-16-36(26(39)37(24)15-19)21-7-3-6-20(10-21)27(11-22(38)12-27)25-33-32-17-34(25)2/h9,15-16,18,20-22,25,32-33,38H,3-8,10-14,17H2,1-2H3/t18-,20?,21?,22?,25?,27?/m0/s1. The van der Waals surface area contributed by atoms with Gasteiger partial charge in [-0.15, -0.1) is 0 Å². The van der Waals surface area contributed by atoms with Crippen molar-refractivity contribution in [1.29, 1.82) is 0 Å². The molecule has 2 aliphatic carbocycles. The third-order valence-electron chi connectivity index (χ3n) is 9.94. The number of likely N-dealkylation sites (tertiary alicyclic amines) is 1. The summed E-state index contributed by atoms with van der Waals surface area (Å²) >= 11 is 0. The van der Waals surface area contributed by atoms with E-state index in [9.17, 15) is 23.1 Å². The Morgan fingerprint density at radius 3 is 2.62 bits per heavy atom. The van der Waals surface area contributed by atoms with E-state index in [1.807, 2.05) is 0 Å². The van der Waals surface area contributed by atoms with Crippen LogP contribution in [0.2, 0.25) is 0 Å². The summed E-state index contributed by atoms with van der Waals surface area (Å²) in [7, 11) is 2.05. The zero-order valence-corrected chi connectivity index (χ0v) is 22.9. The van der Waals surface area contributed by atoms with E-state index in [2.05, 4.69) is 34.6 Å². The lowest BCUT2D eigenvalue weighted by molar-refractivity contribution is -0.136. The van der Waals surface area contributed by atoms with Crippen molar-refractivity contribution < 1.29 is 18.3 Å². The molecular weight excluding hydrogens is 509 g/mol. The van der Waals surface area contributed by atoms with Crippen LogP contribution >= 0.6 is 0 Å². The monoisotopic (exact) mass is 550 g/mol. The molecule has 3 N–H and O–H groups in total. The Morgan fingerprint density at radius 1 is 1.15 bits per heavy atom. The molecule has 216 valence electrons. The van der Waals surface area contributed by atoms with Crippen LogP contribution in [0.15, 0.2) is 23.3 Å². The first-order valence-corrected chi connectivity index (χ1v) is 14.5. The van der Waals surface area contributed by atoms with Crippen molar-refractivity contribution >= 4 is 5.52 Å². The van der Waals surface area contributed by atoms with Gasteiger partial charge < -0.3 is 5.11 Å². The van der Waals surface area contributed by atoms with Crippen molar-refractivity contribution in [3.63, 3.8) is 0 Å². The summed E-state index contributed by atoms with van der Waals surface area (Å²) in [6.07, 6.45) is 5.18. The lowest BCUT2D eigenvalue weighted by Gasteiger charge is -2.56. The molecule has 4 atom stereocenters. The van der Waals surface area contributed by atoms with E-state index >= 15 is 0 Å². The van der Waals surface area contributed by atoms with Crippen molar-refractivity contribution in [2.45, 2.75) is 89.3 Å². The van der Waals surface area contributed by atoms with E-state index in [4.69, 9.17) is 0 Å². The smallest absolute Gasteiger partial charge is 0.393 e. The second-order valence-electron chi connectivity index (χ2n) is 12.8. The highest BCUT2D eigenvalue weighted by Gasteiger charge is 2.56. The van der Waals surface area contributed by atoms with Crippen molar-refractivity contribution in [3.05, 3.63) is 40.1 Å². The minimum absolute atomic E-state index is 0.0689. The number of hydrazine groups is 1. The molecule has 2 saturated carbocycles. The fourth-order valence-electron chi connectivity index (χ4n) is 8.11. The second-order valence-corrected chi connectivity index (χ2v) is 12.8. The number of imidazole rings is 1. The molecule has 2 aromatic heterocycles. The second kappa shape index (κ2) is 10.2. The number of alkyl halides is 3. The average molecular weight is 551 g/mol. The van der Waals surface area contributed by atoms with Gasteiger partial charge in [0.1, 0.15) is 0 Å². The lowest BCUT2D eigenvalue weighted by Crippen LogP contribution is -2.61. The number of nitrogens with one attached hydrogen (secondary N) is 2. The minimum atomic E-state index is -4.55. The first-order chi connectivity index (χ1) is 18.5. The topological polar surface area (TPSA) is 77.2 Å². The summed E-state index contributed by atoms with van der Waals surface area (Å²) in [5.74, 6) is 0.774. The van der Waals surface area contributed by atoms with Crippen LogP contribution in [0.1, 0.15) is 75.5 Å². The number of rotatable bonds is 5. The number of aliphatic hydroxyl groups excluding tert-OH is 1. The average Bonchev–Trinajstić information content (AvgIpc) is 3.44. The molecule has 4 fully saturated rings. The Hall–Kier alpha value is -1.92. The highest BCUT2D eigenvalue weighted by Crippen LogP contribution is 2.56. The summed E-state index contributed by atoms with van der Waals surface area (Å²) in [6, 6.07) is 1.07. The van der Waals surface area contributed by atoms with E-state index in [-0.39, 0.29) is 35.2 Å². The largest absolute Gasteiger partial charge is 0.418 e. The van der Waals surface area contributed by atoms with Gasteiger partial charge in [-0.3, -0.25) is 18.8 Å². The predicted molar refractivity (Wildman–Crippen MR) is 142 cm³/mol. The number of aliphatic hydroxyl groups is 1. The lowest BCUT2D eigenvalue weighted by atomic mass is 9.54. The van der Waals surface area contributed by atoms with Crippen molar-refractivity contribution in [2.24, 2.45) is 17.3 Å². The van der Waals surface area contributed by atoms with Gasteiger partial charge in [-0.25, -0.2) is 15.6 Å². The molecule has 2 aliphatic heterocycles. The van der Waals surface area contributed by atoms with Gasteiger partial charge in [-0.1, -0.05) is 13.3 Å². The quantitative estimate of drug-likeness (QED) is 0.529. The number of fused-ring (bicyclic) bond motifs is 1. The van der Waals surface area contributed by atoms with Gasteiger partial charge in [0.15, 0.2) is 0 Å². The molecule has 2 aromatic rings. The van der Waals surface area contributed by atoms with Gasteiger partial charge in [-0.05, 0) is 82.0 Å². The molecule has 0 aromatic carbocycles. The van der Waals surface area contributed by atoms with Gasteiger partial charge >= 0.3 is 11.9 Å². The molecule has 0 bridgehead atoms. The van der Waals surface area contributed by atoms with Gasteiger partial charge in [0.25, 0.3) is 0 Å². The molecule has 4 aliphatic rings. The highest BCUT2D eigenvalue weighted by atomic mass is 19.4. The van der Waals surface area contributed by atoms with Crippen molar-refractivity contribution in [3.8, 4) is 0 Å². The molecule has 4 heterocycles. The molecular formula is C28H41F3N6O2. The van der Waals surface area contributed by atoms with E-state index in [1.54, 1.807) is 10.8 Å². The first kappa shape index (κ1) is 27.3. The van der Waals surface area contributed by atoms with Crippen LogP contribution in [0.4, 0.5) is 13.2 Å². The molecule has 0 amide bonds. The zero-order valence-electron chi connectivity index (χ0n) is 22.9. The van der Waals surface area contributed by atoms with Gasteiger partial charge in [0.05, 0.1) is 30.0 Å². The molecule has 8 nitrogen and oxygen atoms in total. The fourth-order valence-corrected chi connectivity index (χ4v) is 8.11. The van der Waals surface area contributed by atoms with Gasteiger partial charge in [0.2, 0.25) is 0 Å². The number of pyridine rings is 1. The summed E-state index contributed by atoms with van der Waals surface area (Å²) in [5.41, 5.74) is 5.78. The van der Waals surface area contributed by atoms with Crippen molar-refractivity contribution in [1.82, 2.24) is 29.6 Å². The third kappa shape index (κ3) is 4.94. The third-order valence-corrected chi connectivity index (χ3v) is 9.94. The summed E-state index contributed by atoms with van der Waals surface area (Å²) in [4.78, 5) is 18.1. The molecule has 2 saturated heterocycles. The Balaban J connectivity index is 1.32. The Kier molecular flexibility index (Phi) is 7.11. The fraction of sp³-hybridized carbons (Fsp3) is 0.750. The Morgan fingerprint density at radius 2 is 1.95 bits per heavy atom. The number of aromatic nitrogens is 2. The maximum Gasteiger partial charge on any atom is 0.418 e. The highest BCUT2D eigenvalue weighted by molar-refractivity contribution is 5.56.